The molecule has 1 saturated heterocycles. The summed E-state index contributed by atoms with van der Waals surface area (Å²) in [6, 6.07) is 1.87. The predicted octanol–water partition coefficient (Wildman–Crippen LogP) is 3.40. The lowest BCUT2D eigenvalue weighted by molar-refractivity contribution is 0.0475. The second-order valence-electron chi connectivity index (χ2n) is 5.87. The average molecular weight is 240 g/mol. The van der Waals surface area contributed by atoms with Crippen molar-refractivity contribution in [2.75, 3.05) is 6.54 Å². The maximum atomic E-state index is 6.18. The fourth-order valence-electron chi connectivity index (χ4n) is 3.19. The van der Waals surface area contributed by atoms with E-state index in [1.54, 1.807) is 0 Å². The van der Waals surface area contributed by atoms with Crippen LogP contribution >= 0.6 is 0 Å². The zero-order valence-electron chi connectivity index (χ0n) is 12.3. The van der Waals surface area contributed by atoms with Gasteiger partial charge in [-0.1, -0.05) is 40.0 Å². The van der Waals surface area contributed by atoms with Crippen molar-refractivity contribution in [2.24, 2.45) is 11.7 Å². The summed E-state index contributed by atoms with van der Waals surface area (Å²) in [6.45, 7) is 10.5. The van der Waals surface area contributed by atoms with E-state index in [4.69, 9.17) is 5.73 Å². The summed E-state index contributed by atoms with van der Waals surface area (Å²) in [7, 11) is 0. The molecule has 1 rings (SSSR count). The SMILES string of the molecule is CCCCC(CCC)N1CCC(N)C(C)C1C. The van der Waals surface area contributed by atoms with Gasteiger partial charge in [-0.25, -0.2) is 0 Å². The summed E-state index contributed by atoms with van der Waals surface area (Å²) >= 11 is 0. The van der Waals surface area contributed by atoms with Crippen molar-refractivity contribution in [1.29, 1.82) is 0 Å². The van der Waals surface area contributed by atoms with Gasteiger partial charge in [-0.3, -0.25) is 4.90 Å². The highest BCUT2D eigenvalue weighted by Crippen LogP contribution is 2.27. The molecule has 2 nitrogen and oxygen atoms in total. The van der Waals surface area contributed by atoms with Crippen molar-refractivity contribution in [1.82, 2.24) is 4.90 Å². The molecule has 0 amide bonds. The third-order valence-electron chi connectivity index (χ3n) is 4.66. The molecule has 102 valence electrons. The van der Waals surface area contributed by atoms with E-state index in [9.17, 15) is 0 Å². The summed E-state index contributed by atoms with van der Waals surface area (Å²) in [4.78, 5) is 2.74. The van der Waals surface area contributed by atoms with Crippen molar-refractivity contribution >= 4 is 0 Å². The molecular formula is C15H32N2. The number of piperidine rings is 1. The maximum Gasteiger partial charge on any atom is 0.0110 e. The molecule has 2 heteroatoms. The van der Waals surface area contributed by atoms with Gasteiger partial charge in [-0.05, 0) is 32.1 Å². The third kappa shape index (κ3) is 3.96. The van der Waals surface area contributed by atoms with E-state index in [0.29, 0.717) is 18.0 Å². The average Bonchev–Trinajstić information content (AvgIpc) is 2.32. The van der Waals surface area contributed by atoms with Crippen molar-refractivity contribution in [3.8, 4) is 0 Å². The van der Waals surface area contributed by atoms with Crippen molar-refractivity contribution in [3.05, 3.63) is 0 Å². The minimum Gasteiger partial charge on any atom is -0.327 e. The standard InChI is InChI=1S/C15H32N2/c1-5-7-9-14(8-6-2)17-11-10-15(16)12(3)13(17)4/h12-15H,5-11,16H2,1-4H3. The summed E-state index contributed by atoms with van der Waals surface area (Å²) in [5.74, 6) is 0.643. The van der Waals surface area contributed by atoms with Gasteiger partial charge in [0, 0.05) is 24.7 Å². The topological polar surface area (TPSA) is 29.3 Å². The molecule has 1 aliphatic rings. The van der Waals surface area contributed by atoms with E-state index in [1.807, 2.05) is 0 Å². The first-order valence-electron chi connectivity index (χ1n) is 7.63. The Morgan fingerprint density at radius 2 is 1.88 bits per heavy atom. The van der Waals surface area contributed by atoms with Crippen LogP contribution in [0.5, 0.6) is 0 Å². The minimum atomic E-state index is 0.412. The Bertz CT molecular complexity index is 205. The highest BCUT2D eigenvalue weighted by atomic mass is 15.2. The van der Waals surface area contributed by atoms with E-state index in [2.05, 4.69) is 32.6 Å². The molecule has 1 fully saturated rings. The molecule has 0 aromatic rings. The Labute approximate surface area is 108 Å². The van der Waals surface area contributed by atoms with Crippen LogP contribution in [0.3, 0.4) is 0 Å². The Kier molecular flexibility index (Phi) is 6.50. The highest BCUT2D eigenvalue weighted by molar-refractivity contribution is 4.89. The van der Waals surface area contributed by atoms with Crippen LogP contribution in [0.1, 0.15) is 66.2 Å². The Morgan fingerprint density at radius 1 is 1.18 bits per heavy atom. The van der Waals surface area contributed by atoms with Crippen molar-refractivity contribution in [3.63, 3.8) is 0 Å². The van der Waals surface area contributed by atoms with Crippen LogP contribution in [0.4, 0.5) is 0 Å². The first-order chi connectivity index (χ1) is 8.11. The lowest BCUT2D eigenvalue weighted by atomic mass is 9.85. The van der Waals surface area contributed by atoms with Crippen LogP contribution < -0.4 is 5.73 Å². The molecule has 4 unspecified atom stereocenters. The van der Waals surface area contributed by atoms with Gasteiger partial charge in [0.05, 0.1) is 0 Å². The summed E-state index contributed by atoms with van der Waals surface area (Å²) in [5, 5.41) is 0. The Balaban J connectivity index is 2.59. The number of nitrogens with zero attached hydrogens (tertiary/aromatic N) is 1. The summed E-state index contributed by atoms with van der Waals surface area (Å²) in [6.07, 6.45) is 7.89. The molecule has 2 N–H and O–H groups in total. The lowest BCUT2D eigenvalue weighted by Crippen LogP contribution is -2.55. The second-order valence-corrected chi connectivity index (χ2v) is 5.87. The van der Waals surface area contributed by atoms with Crippen LogP contribution in [-0.2, 0) is 0 Å². The van der Waals surface area contributed by atoms with Crippen LogP contribution in [0, 0.1) is 5.92 Å². The molecule has 0 aliphatic carbocycles. The highest BCUT2D eigenvalue weighted by Gasteiger charge is 2.33. The molecule has 0 radical (unpaired) electrons. The van der Waals surface area contributed by atoms with Crippen LogP contribution in [0.2, 0.25) is 0 Å². The predicted molar refractivity (Wildman–Crippen MR) is 76.1 cm³/mol. The Morgan fingerprint density at radius 3 is 2.47 bits per heavy atom. The number of hydrogen-bond acceptors (Lipinski definition) is 2. The van der Waals surface area contributed by atoms with Gasteiger partial charge in [0.1, 0.15) is 0 Å². The molecule has 1 aliphatic heterocycles. The number of nitrogens with two attached hydrogens (primary N) is 1. The lowest BCUT2D eigenvalue weighted by Gasteiger charge is -2.45. The smallest absolute Gasteiger partial charge is 0.0110 e. The molecule has 1 heterocycles. The van der Waals surface area contributed by atoms with E-state index in [1.165, 1.54) is 45.1 Å². The fraction of sp³-hybridized carbons (Fsp3) is 1.00. The number of unbranched alkanes of at least 4 members (excludes halogenated alkanes) is 1. The van der Waals surface area contributed by atoms with Gasteiger partial charge >= 0.3 is 0 Å². The molecule has 0 aromatic carbocycles. The van der Waals surface area contributed by atoms with Gasteiger partial charge in [-0.2, -0.15) is 0 Å². The van der Waals surface area contributed by atoms with Gasteiger partial charge in [0.2, 0.25) is 0 Å². The normalized spacial score (nSPS) is 32.6. The van der Waals surface area contributed by atoms with E-state index in [0.717, 1.165) is 6.04 Å². The molecule has 0 bridgehead atoms. The van der Waals surface area contributed by atoms with Gasteiger partial charge in [0.15, 0.2) is 0 Å². The molecule has 0 spiro atoms. The van der Waals surface area contributed by atoms with Gasteiger partial charge < -0.3 is 5.73 Å². The zero-order valence-corrected chi connectivity index (χ0v) is 12.3. The summed E-state index contributed by atoms with van der Waals surface area (Å²) in [5.41, 5.74) is 6.18. The van der Waals surface area contributed by atoms with Crippen molar-refractivity contribution in [2.45, 2.75) is 84.3 Å². The van der Waals surface area contributed by atoms with Crippen LogP contribution in [-0.4, -0.2) is 29.6 Å². The van der Waals surface area contributed by atoms with E-state index < -0.39 is 0 Å². The van der Waals surface area contributed by atoms with Gasteiger partial charge in [-0.15, -0.1) is 0 Å². The van der Waals surface area contributed by atoms with Gasteiger partial charge in [0.25, 0.3) is 0 Å². The quantitative estimate of drug-likeness (QED) is 0.771. The third-order valence-corrected chi connectivity index (χ3v) is 4.66. The van der Waals surface area contributed by atoms with E-state index in [-0.39, 0.29) is 0 Å². The van der Waals surface area contributed by atoms with Crippen LogP contribution in [0.25, 0.3) is 0 Å². The minimum absolute atomic E-state index is 0.412. The molecule has 4 atom stereocenters. The van der Waals surface area contributed by atoms with Crippen LogP contribution in [0.15, 0.2) is 0 Å². The number of hydrogen-bond donors (Lipinski definition) is 1. The molecule has 17 heavy (non-hydrogen) atoms. The number of likely N-dealkylation sites (tertiary alicyclic amines) is 1. The maximum absolute atomic E-state index is 6.18. The first-order valence-corrected chi connectivity index (χ1v) is 7.63. The second kappa shape index (κ2) is 7.38. The fourth-order valence-corrected chi connectivity index (χ4v) is 3.19. The molecule has 0 aromatic heterocycles. The largest absolute Gasteiger partial charge is 0.327 e. The Hall–Kier alpha value is -0.0800. The van der Waals surface area contributed by atoms with E-state index >= 15 is 0 Å². The molecular weight excluding hydrogens is 208 g/mol. The monoisotopic (exact) mass is 240 g/mol. The first kappa shape index (κ1) is 15.0. The number of rotatable bonds is 6. The zero-order chi connectivity index (χ0) is 12.8. The van der Waals surface area contributed by atoms with Crippen molar-refractivity contribution < 1.29 is 0 Å². The summed E-state index contributed by atoms with van der Waals surface area (Å²) < 4.78 is 0. The molecule has 0 saturated carbocycles.